The van der Waals surface area contributed by atoms with E-state index < -0.39 is 0 Å². The highest BCUT2D eigenvalue weighted by Gasteiger charge is 2.32. The fraction of sp³-hybridized carbons (Fsp3) is 0.389. The number of primary amides is 1. The van der Waals surface area contributed by atoms with Crippen LogP contribution in [0.3, 0.4) is 0 Å². The summed E-state index contributed by atoms with van der Waals surface area (Å²) in [4.78, 5) is 27.3. The standard InChI is InChI=1S/C18H20N4O2S/c1-21-16-12-4-2-3-5-14(12)25-10-13(16)15(20-21)18(24)22-8-6-11(7-9-22)17(19)23/h2-5,11H,6-10H2,1H3,(H2,19,23). The van der Waals surface area contributed by atoms with Crippen molar-refractivity contribution in [3.05, 3.63) is 35.5 Å². The summed E-state index contributed by atoms with van der Waals surface area (Å²) in [6.45, 7) is 1.11. The third-order valence-electron chi connectivity index (χ3n) is 5.05. The average molecular weight is 356 g/mol. The highest BCUT2D eigenvalue weighted by molar-refractivity contribution is 7.98. The van der Waals surface area contributed by atoms with Crippen LogP contribution in [-0.4, -0.2) is 39.6 Å². The van der Waals surface area contributed by atoms with Crippen molar-refractivity contribution in [1.29, 1.82) is 0 Å². The number of nitrogens with zero attached hydrogens (tertiary/aromatic N) is 3. The zero-order valence-corrected chi connectivity index (χ0v) is 14.9. The van der Waals surface area contributed by atoms with E-state index in [9.17, 15) is 9.59 Å². The first-order valence-electron chi connectivity index (χ1n) is 8.43. The Morgan fingerprint density at radius 2 is 1.96 bits per heavy atom. The monoisotopic (exact) mass is 356 g/mol. The SMILES string of the molecule is Cn1nc(C(=O)N2CCC(C(N)=O)CC2)c2c1-c1ccccc1SC2. The molecular weight excluding hydrogens is 336 g/mol. The maximum absolute atomic E-state index is 13.0. The quantitative estimate of drug-likeness (QED) is 0.893. The van der Waals surface area contributed by atoms with Gasteiger partial charge < -0.3 is 10.6 Å². The largest absolute Gasteiger partial charge is 0.369 e. The summed E-state index contributed by atoms with van der Waals surface area (Å²) in [6.07, 6.45) is 1.27. The molecule has 4 rings (SSSR count). The molecule has 0 radical (unpaired) electrons. The number of nitrogens with two attached hydrogens (primary N) is 1. The van der Waals surface area contributed by atoms with E-state index in [1.165, 1.54) is 4.90 Å². The average Bonchev–Trinajstić information content (AvgIpc) is 2.98. The molecule has 6 nitrogen and oxygen atoms in total. The number of hydrogen-bond donors (Lipinski definition) is 1. The van der Waals surface area contributed by atoms with Crippen LogP contribution in [0, 0.1) is 5.92 Å². The highest BCUT2D eigenvalue weighted by atomic mass is 32.2. The van der Waals surface area contributed by atoms with E-state index in [0.29, 0.717) is 31.6 Å². The minimum Gasteiger partial charge on any atom is -0.369 e. The van der Waals surface area contributed by atoms with Gasteiger partial charge in [-0.15, -0.1) is 11.8 Å². The van der Waals surface area contributed by atoms with Gasteiger partial charge in [0.15, 0.2) is 5.69 Å². The third kappa shape index (κ3) is 2.72. The van der Waals surface area contributed by atoms with Gasteiger partial charge in [-0.3, -0.25) is 14.3 Å². The second-order valence-electron chi connectivity index (χ2n) is 6.55. The lowest BCUT2D eigenvalue weighted by atomic mass is 9.96. The first-order valence-corrected chi connectivity index (χ1v) is 9.41. The lowest BCUT2D eigenvalue weighted by molar-refractivity contribution is -0.123. The number of thioether (sulfide) groups is 1. The van der Waals surface area contributed by atoms with Gasteiger partial charge in [-0.05, 0) is 18.9 Å². The zero-order valence-electron chi connectivity index (χ0n) is 14.1. The Morgan fingerprint density at radius 1 is 1.24 bits per heavy atom. The summed E-state index contributed by atoms with van der Waals surface area (Å²) in [5.74, 6) is 0.318. The van der Waals surface area contributed by atoms with Crippen LogP contribution in [0.25, 0.3) is 11.3 Å². The lowest BCUT2D eigenvalue weighted by Crippen LogP contribution is -2.42. The Bertz CT molecular complexity index is 853. The van der Waals surface area contributed by atoms with Crippen molar-refractivity contribution in [2.45, 2.75) is 23.5 Å². The van der Waals surface area contributed by atoms with Crippen LogP contribution in [0.5, 0.6) is 0 Å². The number of benzene rings is 1. The zero-order chi connectivity index (χ0) is 17.6. The lowest BCUT2D eigenvalue weighted by Gasteiger charge is -2.30. The van der Waals surface area contributed by atoms with Crippen molar-refractivity contribution in [2.75, 3.05) is 13.1 Å². The minimum atomic E-state index is -0.268. The molecule has 0 spiro atoms. The number of fused-ring (bicyclic) bond motifs is 3. The molecule has 7 heteroatoms. The molecule has 2 aromatic rings. The predicted octanol–water partition coefficient (Wildman–Crippen LogP) is 2.03. The number of carbonyl (C=O) groups is 2. The second kappa shape index (κ2) is 6.22. The van der Waals surface area contributed by atoms with Crippen LogP contribution in [0.2, 0.25) is 0 Å². The van der Waals surface area contributed by atoms with E-state index >= 15 is 0 Å². The molecule has 0 bridgehead atoms. The molecule has 1 saturated heterocycles. The van der Waals surface area contributed by atoms with E-state index in [0.717, 1.165) is 22.6 Å². The summed E-state index contributed by atoms with van der Waals surface area (Å²) in [6, 6.07) is 8.22. The van der Waals surface area contributed by atoms with Crippen molar-refractivity contribution in [3.63, 3.8) is 0 Å². The van der Waals surface area contributed by atoms with Crippen LogP contribution in [0.1, 0.15) is 28.9 Å². The van der Waals surface area contributed by atoms with Crippen LogP contribution in [-0.2, 0) is 17.6 Å². The van der Waals surface area contributed by atoms with Crippen molar-refractivity contribution in [1.82, 2.24) is 14.7 Å². The van der Waals surface area contributed by atoms with Gasteiger partial charge in [-0.2, -0.15) is 5.10 Å². The molecule has 1 aromatic carbocycles. The Morgan fingerprint density at radius 3 is 2.68 bits per heavy atom. The number of hydrogen-bond acceptors (Lipinski definition) is 4. The van der Waals surface area contributed by atoms with E-state index in [1.807, 2.05) is 23.9 Å². The number of carbonyl (C=O) groups excluding carboxylic acids is 2. The topological polar surface area (TPSA) is 81.2 Å². The van der Waals surface area contributed by atoms with Crippen molar-refractivity contribution in [3.8, 4) is 11.3 Å². The van der Waals surface area contributed by atoms with Crippen LogP contribution in [0.15, 0.2) is 29.2 Å². The van der Waals surface area contributed by atoms with E-state index in [-0.39, 0.29) is 17.7 Å². The molecule has 3 heterocycles. The van der Waals surface area contributed by atoms with Gasteiger partial charge in [-0.25, -0.2) is 0 Å². The molecule has 0 atom stereocenters. The summed E-state index contributed by atoms with van der Waals surface area (Å²) in [5, 5.41) is 4.54. The number of aromatic nitrogens is 2. The smallest absolute Gasteiger partial charge is 0.274 e. The normalized spacial score (nSPS) is 17.1. The Balaban J connectivity index is 1.63. The molecule has 0 unspecified atom stereocenters. The fourth-order valence-corrected chi connectivity index (χ4v) is 4.74. The van der Waals surface area contributed by atoms with Gasteiger partial charge in [0.05, 0.1) is 5.69 Å². The maximum atomic E-state index is 13.0. The Labute approximate surface area is 150 Å². The predicted molar refractivity (Wildman–Crippen MR) is 96.0 cm³/mol. The van der Waals surface area contributed by atoms with Crippen LogP contribution >= 0.6 is 11.8 Å². The number of amides is 2. The molecule has 25 heavy (non-hydrogen) atoms. The molecular formula is C18H20N4O2S. The highest BCUT2D eigenvalue weighted by Crippen LogP contribution is 2.42. The molecule has 1 aromatic heterocycles. The van der Waals surface area contributed by atoms with Gasteiger partial charge in [0.1, 0.15) is 0 Å². The molecule has 2 aliphatic heterocycles. The van der Waals surface area contributed by atoms with Gasteiger partial charge >= 0.3 is 0 Å². The van der Waals surface area contributed by atoms with Crippen molar-refractivity contribution in [2.24, 2.45) is 18.7 Å². The Hall–Kier alpha value is -2.28. The molecule has 2 aliphatic rings. The first kappa shape index (κ1) is 16.2. The van der Waals surface area contributed by atoms with Crippen LogP contribution < -0.4 is 5.73 Å². The number of piperidine rings is 1. The molecule has 2 amide bonds. The minimum absolute atomic E-state index is 0.0419. The number of rotatable bonds is 2. The summed E-state index contributed by atoms with van der Waals surface area (Å²) in [7, 11) is 1.89. The van der Waals surface area contributed by atoms with Crippen LogP contribution in [0.4, 0.5) is 0 Å². The van der Waals surface area contributed by atoms with Gasteiger partial charge in [0.25, 0.3) is 5.91 Å². The van der Waals surface area contributed by atoms with Gasteiger partial charge in [0.2, 0.25) is 5.91 Å². The summed E-state index contributed by atoms with van der Waals surface area (Å²) >= 11 is 1.74. The van der Waals surface area contributed by atoms with E-state index in [4.69, 9.17) is 5.73 Å². The van der Waals surface area contributed by atoms with Crippen molar-refractivity contribution >= 4 is 23.6 Å². The third-order valence-corrected chi connectivity index (χ3v) is 6.15. The second-order valence-corrected chi connectivity index (χ2v) is 7.57. The molecule has 2 N–H and O–H groups in total. The molecule has 1 fully saturated rings. The molecule has 0 aliphatic carbocycles. The van der Waals surface area contributed by atoms with E-state index in [2.05, 4.69) is 17.2 Å². The van der Waals surface area contributed by atoms with E-state index in [1.54, 1.807) is 16.7 Å². The summed E-state index contributed by atoms with van der Waals surface area (Å²) < 4.78 is 1.82. The van der Waals surface area contributed by atoms with Gasteiger partial charge in [0, 0.05) is 47.8 Å². The summed E-state index contributed by atoms with van der Waals surface area (Å²) in [5.41, 5.74) is 9.09. The maximum Gasteiger partial charge on any atom is 0.274 e. The van der Waals surface area contributed by atoms with Gasteiger partial charge in [-0.1, -0.05) is 18.2 Å². The number of likely N-dealkylation sites (tertiary alicyclic amines) is 1. The first-order chi connectivity index (χ1) is 12.1. The molecule has 0 saturated carbocycles. The molecule has 130 valence electrons. The Kier molecular flexibility index (Phi) is 4.03. The fourth-order valence-electron chi connectivity index (χ4n) is 3.67. The van der Waals surface area contributed by atoms with Crippen molar-refractivity contribution < 1.29 is 9.59 Å². The number of aryl methyl sites for hydroxylation is 1.